The van der Waals surface area contributed by atoms with E-state index < -0.39 is 0 Å². The normalized spacial score (nSPS) is 23.0. The molecule has 0 aromatic carbocycles. The second-order valence-corrected chi connectivity index (χ2v) is 8.20. The number of hydrogen-bond acceptors (Lipinski definition) is 4. The van der Waals surface area contributed by atoms with Crippen LogP contribution in [0.15, 0.2) is 4.99 Å². The number of rotatable bonds is 5. The van der Waals surface area contributed by atoms with Crippen LogP contribution in [0.4, 0.5) is 0 Å². The minimum Gasteiger partial charge on any atom is -0.370 e. The Morgan fingerprint density at radius 1 is 1.21 bits per heavy atom. The number of nitrogens with zero attached hydrogens (tertiary/aromatic N) is 4. The first kappa shape index (κ1) is 19.5. The summed E-state index contributed by atoms with van der Waals surface area (Å²) in [5.41, 5.74) is 6.37. The largest absolute Gasteiger partial charge is 0.370 e. The Bertz CT molecular complexity index is 406. The molecule has 6 nitrogen and oxygen atoms in total. The van der Waals surface area contributed by atoms with Gasteiger partial charge in [-0.2, -0.15) is 0 Å². The van der Waals surface area contributed by atoms with Crippen molar-refractivity contribution in [2.45, 2.75) is 58.2 Å². The van der Waals surface area contributed by atoms with E-state index in [1.165, 1.54) is 12.8 Å². The second kappa shape index (κ2) is 8.50. The number of nitrogens with one attached hydrogen (secondary N) is 1. The molecule has 0 aromatic rings. The quantitative estimate of drug-likeness (QED) is 0.573. The summed E-state index contributed by atoms with van der Waals surface area (Å²) in [5, 5.41) is 3.41. The molecule has 2 saturated heterocycles. The summed E-state index contributed by atoms with van der Waals surface area (Å²) in [6, 6.07) is 1.16. The SMILES string of the molecule is CC(C)N1CCC(N(C)/C(N)=N\CC(C)(C)N2CCNCC2)CC1. The first-order chi connectivity index (χ1) is 11.3. The molecule has 2 heterocycles. The van der Waals surface area contributed by atoms with Gasteiger partial charge in [-0.25, -0.2) is 0 Å². The van der Waals surface area contributed by atoms with Crippen LogP contribution in [-0.4, -0.2) is 91.1 Å². The van der Waals surface area contributed by atoms with Crippen molar-refractivity contribution in [3.63, 3.8) is 0 Å². The third kappa shape index (κ3) is 5.07. The number of guanidine groups is 1. The lowest BCUT2D eigenvalue weighted by Crippen LogP contribution is -2.55. The highest BCUT2D eigenvalue weighted by Crippen LogP contribution is 2.18. The minimum absolute atomic E-state index is 0.0641. The Morgan fingerprint density at radius 2 is 1.79 bits per heavy atom. The zero-order valence-corrected chi connectivity index (χ0v) is 16.4. The summed E-state index contributed by atoms with van der Waals surface area (Å²) < 4.78 is 0. The average Bonchev–Trinajstić information content (AvgIpc) is 2.60. The standard InChI is InChI=1S/C18H38N6/c1-15(2)23-10-6-16(7-11-23)22(5)17(19)21-14-18(3,4)24-12-8-20-9-13-24/h15-16,20H,6-14H2,1-5H3,(H2,19,21). The molecule has 24 heavy (non-hydrogen) atoms. The molecule has 2 aliphatic rings. The van der Waals surface area contributed by atoms with Gasteiger partial charge in [-0.3, -0.25) is 9.89 Å². The van der Waals surface area contributed by atoms with E-state index in [1.54, 1.807) is 0 Å². The average molecular weight is 339 g/mol. The van der Waals surface area contributed by atoms with Gasteiger partial charge in [0, 0.05) is 63.9 Å². The van der Waals surface area contributed by atoms with E-state index in [0.29, 0.717) is 18.0 Å². The van der Waals surface area contributed by atoms with Crippen LogP contribution in [0.3, 0.4) is 0 Å². The molecule has 0 amide bonds. The Hall–Kier alpha value is -0.850. The van der Waals surface area contributed by atoms with Crippen molar-refractivity contribution in [1.82, 2.24) is 20.0 Å². The maximum Gasteiger partial charge on any atom is 0.191 e. The summed E-state index contributed by atoms with van der Waals surface area (Å²) in [4.78, 5) is 12.0. The summed E-state index contributed by atoms with van der Waals surface area (Å²) in [6.07, 6.45) is 2.35. The lowest BCUT2D eigenvalue weighted by molar-refractivity contribution is 0.110. The predicted octanol–water partition coefficient (Wildman–Crippen LogP) is 0.790. The van der Waals surface area contributed by atoms with Crippen LogP contribution >= 0.6 is 0 Å². The van der Waals surface area contributed by atoms with Gasteiger partial charge in [0.05, 0.1) is 6.54 Å². The van der Waals surface area contributed by atoms with E-state index in [1.807, 2.05) is 0 Å². The van der Waals surface area contributed by atoms with E-state index in [9.17, 15) is 0 Å². The monoisotopic (exact) mass is 338 g/mol. The highest BCUT2D eigenvalue weighted by Gasteiger charge is 2.28. The van der Waals surface area contributed by atoms with Crippen molar-refractivity contribution < 1.29 is 0 Å². The second-order valence-electron chi connectivity index (χ2n) is 8.20. The Kier molecular flexibility index (Phi) is 6.89. The molecule has 6 heteroatoms. The minimum atomic E-state index is 0.0641. The number of piperazine rings is 1. The summed E-state index contributed by atoms with van der Waals surface area (Å²) in [6.45, 7) is 16.5. The molecule has 2 aliphatic heterocycles. The van der Waals surface area contributed by atoms with Gasteiger partial charge in [0.15, 0.2) is 5.96 Å². The van der Waals surface area contributed by atoms with Gasteiger partial charge in [0.2, 0.25) is 0 Å². The highest BCUT2D eigenvalue weighted by atomic mass is 15.3. The number of piperidine rings is 1. The van der Waals surface area contributed by atoms with Crippen molar-refractivity contribution in [2.24, 2.45) is 10.7 Å². The smallest absolute Gasteiger partial charge is 0.191 e. The van der Waals surface area contributed by atoms with E-state index in [4.69, 9.17) is 10.7 Å². The molecule has 0 unspecified atom stereocenters. The van der Waals surface area contributed by atoms with Gasteiger partial charge in [-0.05, 0) is 40.5 Å². The van der Waals surface area contributed by atoms with E-state index in [0.717, 1.165) is 45.8 Å². The van der Waals surface area contributed by atoms with Crippen LogP contribution in [0.1, 0.15) is 40.5 Å². The molecule has 0 spiro atoms. The van der Waals surface area contributed by atoms with Crippen LogP contribution in [0.25, 0.3) is 0 Å². The number of aliphatic imine (C=N–C) groups is 1. The van der Waals surface area contributed by atoms with Crippen LogP contribution < -0.4 is 11.1 Å². The van der Waals surface area contributed by atoms with Gasteiger partial charge in [-0.1, -0.05) is 0 Å². The van der Waals surface area contributed by atoms with Crippen molar-refractivity contribution in [1.29, 1.82) is 0 Å². The molecule has 2 rings (SSSR count). The first-order valence-electron chi connectivity index (χ1n) is 9.54. The van der Waals surface area contributed by atoms with Gasteiger partial charge < -0.3 is 20.9 Å². The zero-order valence-electron chi connectivity index (χ0n) is 16.4. The van der Waals surface area contributed by atoms with E-state index in [-0.39, 0.29) is 5.54 Å². The number of likely N-dealkylation sites (tertiary alicyclic amines) is 1. The van der Waals surface area contributed by atoms with Crippen LogP contribution in [0, 0.1) is 0 Å². The van der Waals surface area contributed by atoms with Gasteiger partial charge >= 0.3 is 0 Å². The predicted molar refractivity (Wildman–Crippen MR) is 103 cm³/mol. The van der Waals surface area contributed by atoms with Crippen molar-refractivity contribution in [3.05, 3.63) is 0 Å². The first-order valence-corrected chi connectivity index (χ1v) is 9.54. The zero-order chi connectivity index (χ0) is 17.7. The van der Waals surface area contributed by atoms with Gasteiger partial charge in [0.25, 0.3) is 0 Å². The van der Waals surface area contributed by atoms with Crippen LogP contribution in [0.2, 0.25) is 0 Å². The third-order valence-corrected chi connectivity index (χ3v) is 5.74. The molecule has 0 bridgehead atoms. The lowest BCUT2D eigenvalue weighted by Gasteiger charge is -2.41. The van der Waals surface area contributed by atoms with Gasteiger partial charge in [0.1, 0.15) is 0 Å². The lowest BCUT2D eigenvalue weighted by atomic mass is 10.0. The summed E-state index contributed by atoms with van der Waals surface area (Å²) >= 11 is 0. The molecule has 0 atom stereocenters. The summed E-state index contributed by atoms with van der Waals surface area (Å²) in [5.74, 6) is 0.696. The summed E-state index contributed by atoms with van der Waals surface area (Å²) in [7, 11) is 2.10. The van der Waals surface area contributed by atoms with Crippen molar-refractivity contribution in [3.8, 4) is 0 Å². The fourth-order valence-electron chi connectivity index (χ4n) is 3.73. The van der Waals surface area contributed by atoms with Crippen LogP contribution in [0.5, 0.6) is 0 Å². The fraction of sp³-hybridized carbons (Fsp3) is 0.944. The topological polar surface area (TPSA) is 60.1 Å². The molecule has 2 fully saturated rings. The van der Waals surface area contributed by atoms with Gasteiger partial charge in [-0.15, -0.1) is 0 Å². The number of nitrogens with two attached hydrogens (primary N) is 1. The molecule has 0 aromatic heterocycles. The molecule has 0 aliphatic carbocycles. The Labute approximate surface area is 148 Å². The Morgan fingerprint density at radius 3 is 2.33 bits per heavy atom. The molecule has 0 radical (unpaired) electrons. The molecule has 140 valence electrons. The molecular formula is C18H38N6. The number of hydrogen-bond donors (Lipinski definition) is 2. The van der Waals surface area contributed by atoms with E-state index in [2.05, 4.69) is 54.8 Å². The molecule has 0 saturated carbocycles. The molecular weight excluding hydrogens is 300 g/mol. The maximum atomic E-state index is 6.31. The third-order valence-electron chi connectivity index (χ3n) is 5.74. The van der Waals surface area contributed by atoms with Crippen molar-refractivity contribution >= 4 is 5.96 Å². The highest BCUT2D eigenvalue weighted by molar-refractivity contribution is 5.78. The maximum absolute atomic E-state index is 6.31. The Balaban J connectivity index is 1.85. The fourth-order valence-corrected chi connectivity index (χ4v) is 3.73. The van der Waals surface area contributed by atoms with Crippen LogP contribution in [-0.2, 0) is 0 Å². The van der Waals surface area contributed by atoms with E-state index >= 15 is 0 Å². The molecule has 3 N–H and O–H groups in total. The van der Waals surface area contributed by atoms with Crippen molar-refractivity contribution in [2.75, 3.05) is 52.9 Å².